The molecule has 0 aromatic heterocycles. The highest BCUT2D eigenvalue weighted by atomic mass is 19.1. The summed E-state index contributed by atoms with van der Waals surface area (Å²) >= 11 is 0. The minimum absolute atomic E-state index is 0.272. The lowest BCUT2D eigenvalue weighted by atomic mass is 9.92. The van der Waals surface area contributed by atoms with Gasteiger partial charge in [-0.1, -0.05) is 12.1 Å². The summed E-state index contributed by atoms with van der Waals surface area (Å²) < 4.78 is 28.4. The van der Waals surface area contributed by atoms with Crippen LogP contribution in [0, 0.1) is 12.7 Å². The zero-order valence-corrected chi connectivity index (χ0v) is 19.8. The molecular weight excluding hydrogens is 422 g/mol. The summed E-state index contributed by atoms with van der Waals surface area (Å²) in [7, 11) is 1.72. The maximum atomic E-state index is 15.0. The van der Waals surface area contributed by atoms with Gasteiger partial charge in [0.1, 0.15) is 18.8 Å². The van der Waals surface area contributed by atoms with E-state index in [0.717, 1.165) is 34.3 Å². The van der Waals surface area contributed by atoms with Crippen molar-refractivity contribution in [2.24, 2.45) is 21.0 Å². The second kappa shape index (κ2) is 12.8. The van der Waals surface area contributed by atoms with E-state index < -0.39 is 6.67 Å². The van der Waals surface area contributed by atoms with E-state index >= 15 is 0 Å². The molecule has 178 valence electrons. The molecule has 0 saturated heterocycles. The van der Waals surface area contributed by atoms with Crippen molar-refractivity contribution >= 4 is 18.8 Å². The van der Waals surface area contributed by atoms with Crippen LogP contribution in [0.5, 0.6) is 0 Å². The Labute approximate surface area is 195 Å². The third-order valence-corrected chi connectivity index (χ3v) is 5.66. The fourth-order valence-corrected chi connectivity index (χ4v) is 4.00. The summed E-state index contributed by atoms with van der Waals surface area (Å²) in [5.74, 6) is 5.67. The highest BCUT2D eigenvalue weighted by molar-refractivity contribution is 6.02. The molecule has 1 heterocycles. The molecule has 1 aliphatic heterocycles. The number of hydrogen-bond donors (Lipinski definition) is 1. The Morgan fingerprint density at radius 1 is 1.30 bits per heavy atom. The molecule has 6 nitrogen and oxygen atoms in total. The standard InChI is InChI=1S/C25H34F2N6/c1-6-7-8-21-18(2)9-10-24(27)23(21)16-33(17-31-29-4)15-20(14-32(5)28)22-11-12-30-25(13-26)19(22)3/h6,9-10,14,17H,1,4,7-8,11-13,15-16,28H2,2-3,5H3/b20-14+,31-17-. The SMILES string of the molecule is C=CCCc1c(C)ccc(F)c1CN(/C=N\N=C)C/C(=C\N(C)N)C1=C(C)C(CF)=NCC1. The lowest BCUT2D eigenvalue weighted by molar-refractivity contribution is 0.429. The van der Waals surface area contributed by atoms with E-state index in [9.17, 15) is 8.78 Å². The lowest BCUT2D eigenvalue weighted by Crippen LogP contribution is -2.29. The first-order valence-corrected chi connectivity index (χ1v) is 10.9. The van der Waals surface area contributed by atoms with Crippen molar-refractivity contribution in [3.63, 3.8) is 0 Å². The number of aliphatic imine (C=N–C) groups is 1. The molecular formula is C25H34F2N6. The third kappa shape index (κ3) is 7.18. The molecule has 0 fully saturated rings. The molecule has 2 N–H and O–H groups in total. The Hall–Kier alpha value is -3.13. The van der Waals surface area contributed by atoms with Crippen molar-refractivity contribution in [1.82, 2.24) is 9.91 Å². The maximum absolute atomic E-state index is 15.0. The average molecular weight is 457 g/mol. The van der Waals surface area contributed by atoms with Crippen molar-refractivity contribution in [3.8, 4) is 0 Å². The quantitative estimate of drug-likeness (QED) is 0.165. The van der Waals surface area contributed by atoms with Crippen molar-refractivity contribution in [3.05, 3.63) is 70.2 Å². The largest absolute Gasteiger partial charge is 0.352 e. The van der Waals surface area contributed by atoms with E-state index in [-0.39, 0.29) is 12.4 Å². The number of benzene rings is 1. The highest BCUT2D eigenvalue weighted by Crippen LogP contribution is 2.27. The summed E-state index contributed by atoms with van der Waals surface area (Å²) in [5, 5.41) is 8.99. The first-order valence-electron chi connectivity index (χ1n) is 10.9. The van der Waals surface area contributed by atoms with Crippen LogP contribution in [0.25, 0.3) is 0 Å². The number of rotatable bonds is 12. The summed E-state index contributed by atoms with van der Waals surface area (Å²) in [6.07, 6.45) is 7.28. The predicted molar refractivity (Wildman–Crippen MR) is 134 cm³/mol. The Balaban J connectivity index is 2.47. The molecule has 0 radical (unpaired) electrons. The molecule has 0 aliphatic carbocycles. The molecule has 0 amide bonds. The van der Waals surface area contributed by atoms with Crippen molar-refractivity contribution < 1.29 is 8.78 Å². The number of allylic oxidation sites excluding steroid dienone is 2. The van der Waals surface area contributed by atoms with Gasteiger partial charge in [-0.3, -0.25) is 4.99 Å². The third-order valence-electron chi connectivity index (χ3n) is 5.66. The van der Waals surface area contributed by atoms with E-state index in [2.05, 4.69) is 28.5 Å². The van der Waals surface area contributed by atoms with Crippen LogP contribution < -0.4 is 5.84 Å². The number of hydrazine groups is 1. The molecule has 0 unspecified atom stereocenters. The Morgan fingerprint density at radius 3 is 2.70 bits per heavy atom. The lowest BCUT2D eigenvalue weighted by Gasteiger charge is -2.27. The second-order valence-electron chi connectivity index (χ2n) is 8.06. The topological polar surface area (TPSA) is 69.6 Å². The number of nitrogens with zero attached hydrogens (tertiary/aromatic N) is 5. The van der Waals surface area contributed by atoms with Gasteiger partial charge < -0.3 is 9.91 Å². The molecule has 8 heteroatoms. The van der Waals surface area contributed by atoms with Crippen LogP contribution in [0.1, 0.15) is 36.5 Å². The fraction of sp³-hybridized carbons (Fsp3) is 0.400. The first-order chi connectivity index (χ1) is 15.8. The van der Waals surface area contributed by atoms with E-state index in [1.165, 1.54) is 11.1 Å². The van der Waals surface area contributed by atoms with E-state index in [1.807, 2.05) is 24.8 Å². The maximum Gasteiger partial charge on any atom is 0.131 e. The number of aryl methyl sites for hydroxylation is 1. The minimum Gasteiger partial charge on any atom is -0.352 e. The van der Waals surface area contributed by atoms with Crippen LogP contribution in [0.4, 0.5) is 8.78 Å². The molecule has 2 rings (SSSR count). The molecule has 0 spiro atoms. The van der Waals surface area contributed by atoms with Gasteiger partial charge in [0.05, 0.1) is 5.71 Å². The van der Waals surface area contributed by atoms with Crippen molar-refractivity contribution in [2.45, 2.75) is 39.7 Å². The molecule has 0 bridgehead atoms. The van der Waals surface area contributed by atoms with Crippen molar-refractivity contribution in [1.29, 1.82) is 0 Å². The zero-order valence-electron chi connectivity index (χ0n) is 19.8. The average Bonchev–Trinajstić information content (AvgIpc) is 2.78. The molecule has 1 aliphatic rings. The minimum atomic E-state index is -0.617. The number of alkyl halides is 1. The van der Waals surface area contributed by atoms with Crippen LogP contribution in [0.15, 0.2) is 62.9 Å². The molecule has 1 aromatic rings. The van der Waals surface area contributed by atoms with E-state index in [4.69, 9.17) is 5.84 Å². The summed E-state index contributed by atoms with van der Waals surface area (Å²) in [6.45, 7) is 11.6. The van der Waals surface area contributed by atoms with Gasteiger partial charge in [0, 0.05) is 45.2 Å². The number of halogens is 2. The molecule has 0 atom stereocenters. The van der Waals surface area contributed by atoms with Gasteiger partial charge in [-0.2, -0.15) is 5.10 Å². The van der Waals surface area contributed by atoms with Gasteiger partial charge in [0.2, 0.25) is 0 Å². The zero-order chi connectivity index (χ0) is 24.4. The van der Waals surface area contributed by atoms with Crippen molar-refractivity contribution in [2.75, 3.05) is 26.8 Å². The summed E-state index contributed by atoms with van der Waals surface area (Å²) in [5.41, 5.74) is 5.72. The van der Waals surface area contributed by atoms with Crippen LogP contribution in [0.2, 0.25) is 0 Å². The van der Waals surface area contributed by atoms with Crippen LogP contribution in [0.3, 0.4) is 0 Å². The van der Waals surface area contributed by atoms with Gasteiger partial charge in [-0.05, 0) is 67.0 Å². The predicted octanol–water partition coefficient (Wildman–Crippen LogP) is 4.52. The molecule has 33 heavy (non-hydrogen) atoms. The number of nitrogens with two attached hydrogens (primary N) is 1. The van der Waals surface area contributed by atoms with E-state index in [1.54, 1.807) is 25.7 Å². The van der Waals surface area contributed by atoms with Crippen LogP contribution in [-0.2, 0) is 13.0 Å². The normalized spacial score (nSPS) is 14.5. The molecule has 1 aromatic carbocycles. The fourth-order valence-electron chi connectivity index (χ4n) is 4.00. The second-order valence-corrected chi connectivity index (χ2v) is 8.06. The summed E-state index contributed by atoms with van der Waals surface area (Å²) in [4.78, 5) is 6.15. The van der Waals surface area contributed by atoms with Gasteiger partial charge in [0.15, 0.2) is 0 Å². The first kappa shape index (κ1) is 26.1. The highest BCUT2D eigenvalue weighted by Gasteiger charge is 2.20. The number of hydrogen-bond acceptors (Lipinski definition) is 5. The van der Waals surface area contributed by atoms with Gasteiger partial charge in [-0.15, -0.1) is 11.7 Å². The van der Waals surface area contributed by atoms with Crippen LogP contribution >= 0.6 is 0 Å². The Morgan fingerprint density at radius 2 is 2.06 bits per heavy atom. The smallest absolute Gasteiger partial charge is 0.131 e. The summed E-state index contributed by atoms with van der Waals surface area (Å²) in [6, 6.07) is 3.29. The Bertz CT molecular complexity index is 975. The Kier molecular flexibility index (Phi) is 10.1. The van der Waals surface area contributed by atoms with Gasteiger partial charge >= 0.3 is 0 Å². The van der Waals surface area contributed by atoms with Gasteiger partial charge in [0.25, 0.3) is 0 Å². The number of dihydropyridines is 1. The monoisotopic (exact) mass is 456 g/mol. The van der Waals surface area contributed by atoms with E-state index in [0.29, 0.717) is 37.2 Å². The molecule has 0 saturated carbocycles. The van der Waals surface area contributed by atoms with Gasteiger partial charge in [-0.25, -0.2) is 14.6 Å². The van der Waals surface area contributed by atoms with Crippen LogP contribution in [-0.4, -0.2) is 55.5 Å².